The average molecular weight is 300 g/mol. The van der Waals surface area contributed by atoms with Gasteiger partial charge in [0.2, 0.25) is 11.9 Å². The maximum atomic E-state index is 12.4. The molecule has 1 aliphatic carbocycles. The molecule has 1 fully saturated rings. The molecule has 2 atom stereocenters. The van der Waals surface area contributed by atoms with Gasteiger partial charge in [-0.3, -0.25) is 9.69 Å². The zero-order valence-electron chi connectivity index (χ0n) is 12.7. The lowest BCUT2D eigenvalue weighted by Gasteiger charge is -2.25. The van der Waals surface area contributed by atoms with Crippen LogP contribution in [0, 0.1) is 5.92 Å². The molecule has 2 aliphatic rings. The number of furan rings is 1. The van der Waals surface area contributed by atoms with Crippen LogP contribution in [0.1, 0.15) is 43.6 Å². The first-order chi connectivity index (χ1) is 10.7. The molecular weight excluding hydrogens is 280 g/mol. The van der Waals surface area contributed by atoms with Gasteiger partial charge in [-0.05, 0) is 30.9 Å². The van der Waals surface area contributed by atoms with E-state index in [2.05, 4.69) is 23.1 Å². The molecule has 0 aromatic carbocycles. The van der Waals surface area contributed by atoms with E-state index in [1.54, 1.807) is 9.58 Å². The number of aromatic nitrogens is 3. The molecule has 0 bridgehead atoms. The third kappa shape index (κ3) is 2.42. The fourth-order valence-corrected chi connectivity index (χ4v) is 3.15. The largest absolute Gasteiger partial charge is 0.466 e. The van der Waals surface area contributed by atoms with Gasteiger partial charge in [0.25, 0.3) is 0 Å². The molecule has 6 heteroatoms. The molecule has 0 unspecified atom stereocenters. The monoisotopic (exact) mass is 300 g/mol. The molecule has 0 spiro atoms. The highest BCUT2D eigenvalue weighted by atomic mass is 16.3. The fourth-order valence-electron chi connectivity index (χ4n) is 3.15. The summed E-state index contributed by atoms with van der Waals surface area (Å²) in [5.41, 5.74) is 0. The standard InChI is InChI=1S/C16H20N4O2/c1-11-9-13(11)14-5-3-12(22-14)4-6-15(21)19-7-2-8-20-16(19)17-10-18-20/h3,5,10-11,13H,2,4,6-9H2,1H3/t11-,13-/m0/s1. The van der Waals surface area contributed by atoms with Gasteiger partial charge in [0.05, 0.1) is 0 Å². The van der Waals surface area contributed by atoms with Crippen molar-refractivity contribution in [1.29, 1.82) is 0 Å². The van der Waals surface area contributed by atoms with Crippen molar-refractivity contribution in [3.05, 3.63) is 30.0 Å². The summed E-state index contributed by atoms with van der Waals surface area (Å²) < 4.78 is 7.66. The number of anilines is 1. The van der Waals surface area contributed by atoms with Crippen molar-refractivity contribution in [1.82, 2.24) is 14.8 Å². The highest BCUT2D eigenvalue weighted by Crippen LogP contribution is 2.47. The third-order valence-electron chi connectivity index (χ3n) is 4.63. The molecule has 1 amide bonds. The Hall–Kier alpha value is -2.11. The summed E-state index contributed by atoms with van der Waals surface area (Å²) in [6.07, 6.45) is 4.74. The minimum atomic E-state index is 0.0895. The predicted molar refractivity (Wildman–Crippen MR) is 80.5 cm³/mol. The number of amides is 1. The highest BCUT2D eigenvalue weighted by molar-refractivity contribution is 5.91. The highest BCUT2D eigenvalue weighted by Gasteiger charge is 2.36. The molecule has 1 aliphatic heterocycles. The Kier molecular flexibility index (Phi) is 3.24. The van der Waals surface area contributed by atoms with Crippen molar-refractivity contribution in [2.24, 2.45) is 5.92 Å². The van der Waals surface area contributed by atoms with Gasteiger partial charge >= 0.3 is 0 Å². The van der Waals surface area contributed by atoms with Crippen molar-refractivity contribution >= 4 is 11.9 Å². The Balaban J connectivity index is 1.38. The number of fused-ring (bicyclic) bond motifs is 1. The molecule has 0 saturated heterocycles. The third-order valence-corrected chi connectivity index (χ3v) is 4.63. The smallest absolute Gasteiger partial charge is 0.230 e. The lowest BCUT2D eigenvalue weighted by Crippen LogP contribution is -2.38. The quantitative estimate of drug-likeness (QED) is 0.869. The van der Waals surface area contributed by atoms with E-state index >= 15 is 0 Å². The number of carbonyl (C=O) groups is 1. The first kappa shape index (κ1) is 13.5. The summed E-state index contributed by atoms with van der Waals surface area (Å²) in [7, 11) is 0. The Bertz CT molecular complexity index is 690. The van der Waals surface area contributed by atoms with Crippen LogP contribution in [0.2, 0.25) is 0 Å². The summed E-state index contributed by atoms with van der Waals surface area (Å²) in [4.78, 5) is 18.4. The number of rotatable bonds is 4. The lowest BCUT2D eigenvalue weighted by molar-refractivity contribution is -0.118. The van der Waals surface area contributed by atoms with E-state index in [-0.39, 0.29) is 5.91 Å². The lowest BCUT2D eigenvalue weighted by atomic mass is 10.2. The number of carbonyl (C=O) groups excluding carboxylic acids is 1. The van der Waals surface area contributed by atoms with E-state index in [4.69, 9.17) is 4.42 Å². The summed E-state index contributed by atoms with van der Waals surface area (Å²) >= 11 is 0. The van der Waals surface area contributed by atoms with Crippen LogP contribution in [-0.2, 0) is 17.8 Å². The number of aryl methyl sites for hydroxylation is 2. The first-order valence-electron chi connectivity index (χ1n) is 7.99. The van der Waals surface area contributed by atoms with Crippen LogP contribution in [-0.4, -0.2) is 27.2 Å². The maximum Gasteiger partial charge on any atom is 0.230 e. The van der Waals surface area contributed by atoms with Crippen LogP contribution >= 0.6 is 0 Å². The molecule has 116 valence electrons. The second-order valence-corrected chi connectivity index (χ2v) is 6.31. The number of hydrogen-bond acceptors (Lipinski definition) is 4. The molecule has 1 saturated carbocycles. The molecule has 0 radical (unpaired) electrons. The topological polar surface area (TPSA) is 64.2 Å². The van der Waals surface area contributed by atoms with Crippen molar-refractivity contribution in [2.75, 3.05) is 11.4 Å². The zero-order chi connectivity index (χ0) is 15.1. The van der Waals surface area contributed by atoms with Crippen molar-refractivity contribution in [2.45, 2.75) is 45.1 Å². The van der Waals surface area contributed by atoms with Gasteiger partial charge < -0.3 is 4.42 Å². The average Bonchev–Trinajstić information content (AvgIpc) is 2.98. The van der Waals surface area contributed by atoms with Crippen molar-refractivity contribution < 1.29 is 9.21 Å². The molecule has 2 aromatic rings. The van der Waals surface area contributed by atoms with Gasteiger partial charge in [0.15, 0.2) is 0 Å². The summed E-state index contributed by atoms with van der Waals surface area (Å²) in [6.45, 7) is 3.80. The van der Waals surface area contributed by atoms with Crippen LogP contribution in [0.3, 0.4) is 0 Å². The minimum Gasteiger partial charge on any atom is -0.466 e. The van der Waals surface area contributed by atoms with Crippen molar-refractivity contribution in [3.63, 3.8) is 0 Å². The SMILES string of the molecule is C[C@H]1C[C@@H]1c1ccc(CCC(=O)N2CCCn3ncnc32)o1. The van der Waals surface area contributed by atoms with Gasteiger partial charge in [-0.2, -0.15) is 10.1 Å². The van der Waals surface area contributed by atoms with Gasteiger partial charge in [0.1, 0.15) is 17.8 Å². The molecule has 6 nitrogen and oxygen atoms in total. The van der Waals surface area contributed by atoms with E-state index < -0.39 is 0 Å². The minimum absolute atomic E-state index is 0.0895. The predicted octanol–water partition coefficient (Wildman–Crippen LogP) is 2.36. The number of hydrogen-bond donors (Lipinski definition) is 0. The maximum absolute atomic E-state index is 12.4. The Morgan fingerprint density at radius 2 is 2.27 bits per heavy atom. The van der Waals surface area contributed by atoms with Gasteiger partial charge in [-0.15, -0.1) is 0 Å². The molecule has 4 rings (SSSR count). The van der Waals surface area contributed by atoms with Crippen LogP contribution in [0.15, 0.2) is 22.9 Å². The van der Waals surface area contributed by atoms with Crippen molar-refractivity contribution in [3.8, 4) is 0 Å². The van der Waals surface area contributed by atoms with Crippen LogP contribution in [0.5, 0.6) is 0 Å². The molecule has 22 heavy (non-hydrogen) atoms. The van der Waals surface area contributed by atoms with E-state index in [1.165, 1.54) is 12.7 Å². The molecule has 3 heterocycles. The van der Waals surface area contributed by atoms with Crippen LogP contribution in [0.25, 0.3) is 0 Å². The molecular formula is C16H20N4O2. The second-order valence-electron chi connectivity index (χ2n) is 6.31. The van der Waals surface area contributed by atoms with E-state index in [1.807, 2.05) is 6.07 Å². The fraction of sp³-hybridized carbons (Fsp3) is 0.562. The van der Waals surface area contributed by atoms with E-state index in [0.717, 1.165) is 36.9 Å². The van der Waals surface area contributed by atoms with Gasteiger partial charge in [-0.1, -0.05) is 6.92 Å². The summed E-state index contributed by atoms with van der Waals surface area (Å²) in [6, 6.07) is 4.07. The Morgan fingerprint density at radius 3 is 3.09 bits per heavy atom. The Labute approximate surface area is 129 Å². The number of nitrogens with zero attached hydrogens (tertiary/aromatic N) is 4. The zero-order valence-corrected chi connectivity index (χ0v) is 12.7. The first-order valence-corrected chi connectivity index (χ1v) is 7.99. The van der Waals surface area contributed by atoms with Gasteiger partial charge in [0, 0.05) is 31.8 Å². The van der Waals surface area contributed by atoms with Gasteiger partial charge in [-0.25, -0.2) is 4.68 Å². The van der Waals surface area contributed by atoms with E-state index in [0.29, 0.717) is 24.7 Å². The normalized spacial score (nSPS) is 23.4. The Morgan fingerprint density at radius 1 is 1.41 bits per heavy atom. The van der Waals surface area contributed by atoms with E-state index in [9.17, 15) is 4.79 Å². The summed E-state index contributed by atoms with van der Waals surface area (Å²) in [5.74, 6) is 4.06. The van der Waals surface area contributed by atoms with Crippen LogP contribution < -0.4 is 4.90 Å². The molecule has 0 N–H and O–H groups in total. The van der Waals surface area contributed by atoms with Crippen LogP contribution in [0.4, 0.5) is 5.95 Å². The summed E-state index contributed by atoms with van der Waals surface area (Å²) in [5, 5.41) is 4.14. The molecule has 2 aromatic heterocycles. The second kappa shape index (κ2) is 5.26.